The zero-order valence-electron chi connectivity index (χ0n) is 16.7. The fraction of sp³-hybridized carbons (Fsp3) is 0.400. The van der Waals surface area contributed by atoms with Crippen LogP contribution in [0.1, 0.15) is 41.3 Å². The number of thiophene rings is 1. The largest absolute Gasteiger partial charge is 0.496 e. The first-order chi connectivity index (χ1) is 13.1. The molecule has 0 aliphatic carbocycles. The molecule has 1 aromatic carbocycles. The van der Waals surface area contributed by atoms with Crippen LogP contribution < -0.4 is 15.4 Å². The molecule has 0 amide bonds. The molecule has 2 aromatic rings. The van der Waals surface area contributed by atoms with E-state index in [1.165, 1.54) is 19.8 Å². The van der Waals surface area contributed by atoms with Crippen molar-refractivity contribution >= 4 is 47.2 Å². The number of esters is 1. The van der Waals surface area contributed by atoms with Crippen LogP contribution in [0.2, 0.25) is 0 Å². The maximum Gasteiger partial charge on any atom is 0.341 e. The molecular weight excluding hydrogens is 489 g/mol. The molecule has 8 heteroatoms. The van der Waals surface area contributed by atoms with E-state index in [1.807, 2.05) is 13.0 Å². The third kappa shape index (κ3) is 6.97. The van der Waals surface area contributed by atoms with E-state index in [0.717, 1.165) is 24.6 Å². The van der Waals surface area contributed by atoms with Gasteiger partial charge in [-0.05, 0) is 52.9 Å². The smallest absolute Gasteiger partial charge is 0.341 e. The molecule has 1 atom stereocenters. The van der Waals surface area contributed by atoms with Crippen molar-refractivity contribution in [2.45, 2.75) is 26.3 Å². The van der Waals surface area contributed by atoms with Crippen LogP contribution >= 0.6 is 35.3 Å². The molecular formula is C20H28IN3O3S. The van der Waals surface area contributed by atoms with Gasteiger partial charge in [-0.1, -0.05) is 13.0 Å². The lowest BCUT2D eigenvalue weighted by Gasteiger charge is -2.15. The van der Waals surface area contributed by atoms with Gasteiger partial charge in [-0.25, -0.2) is 9.79 Å². The monoisotopic (exact) mass is 517 g/mol. The van der Waals surface area contributed by atoms with Crippen LogP contribution in [-0.2, 0) is 11.3 Å². The predicted molar refractivity (Wildman–Crippen MR) is 125 cm³/mol. The summed E-state index contributed by atoms with van der Waals surface area (Å²) < 4.78 is 10.0. The Morgan fingerprint density at radius 3 is 2.64 bits per heavy atom. The van der Waals surface area contributed by atoms with E-state index in [1.54, 1.807) is 23.5 Å². The Morgan fingerprint density at radius 2 is 2.04 bits per heavy atom. The van der Waals surface area contributed by atoms with Crippen molar-refractivity contribution in [3.05, 3.63) is 51.7 Å². The number of hydrogen-bond donors (Lipinski definition) is 2. The maximum atomic E-state index is 11.9. The lowest BCUT2D eigenvalue weighted by Crippen LogP contribution is -2.39. The van der Waals surface area contributed by atoms with Gasteiger partial charge in [0.1, 0.15) is 11.3 Å². The first kappa shape index (κ1) is 24.2. The van der Waals surface area contributed by atoms with Gasteiger partial charge in [-0.2, -0.15) is 11.3 Å². The molecule has 154 valence electrons. The van der Waals surface area contributed by atoms with Crippen molar-refractivity contribution in [2.24, 2.45) is 4.99 Å². The molecule has 1 heterocycles. The number of halogens is 1. The number of aliphatic imine (C=N–C) groups is 1. The van der Waals surface area contributed by atoms with Gasteiger partial charge in [0.05, 0.1) is 20.8 Å². The van der Waals surface area contributed by atoms with Crippen molar-refractivity contribution in [3.8, 4) is 5.75 Å². The Labute approximate surface area is 187 Å². The zero-order valence-corrected chi connectivity index (χ0v) is 19.8. The SMILES string of the molecule is CCNC(=NCc1ccc(OC)c(C(=O)OC)c1)NCC(C)c1ccsc1.I. The van der Waals surface area contributed by atoms with E-state index in [4.69, 9.17) is 9.47 Å². The molecule has 0 fully saturated rings. The van der Waals surface area contributed by atoms with Gasteiger partial charge in [0, 0.05) is 13.1 Å². The summed E-state index contributed by atoms with van der Waals surface area (Å²) in [6.45, 7) is 6.22. The lowest BCUT2D eigenvalue weighted by molar-refractivity contribution is 0.0597. The van der Waals surface area contributed by atoms with Gasteiger partial charge in [0.15, 0.2) is 5.96 Å². The summed E-state index contributed by atoms with van der Waals surface area (Å²) in [5.41, 5.74) is 2.62. The highest BCUT2D eigenvalue weighted by molar-refractivity contribution is 14.0. The first-order valence-electron chi connectivity index (χ1n) is 8.88. The fourth-order valence-corrected chi connectivity index (χ4v) is 3.34. The Bertz CT molecular complexity index is 766. The van der Waals surface area contributed by atoms with Gasteiger partial charge >= 0.3 is 5.97 Å². The Morgan fingerprint density at radius 1 is 1.25 bits per heavy atom. The van der Waals surface area contributed by atoms with Crippen LogP contribution in [0.5, 0.6) is 5.75 Å². The number of methoxy groups -OCH3 is 2. The standard InChI is InChI=1S/C20H27N3O3S.HI/c1-5-21-20(22-11-14(2)16-8-9-27-13-16)23-12-15-6-7-18(25-3)17(10-15)19(24)26-4;/h6-10,13-14H,5,11-12H2,1-4H3,(H2,21,22,23);1H. The quantitative estimate of drug-likeness (QED) is 0.240. The lowest BCUT2D eigenvalue weighted by atomic mass is 10.1. The number of benzene rings is 1. The molecule has 0 radical (unpaired) electrons. The van der Waals surface area contributed by atoms with Crippen LogP contribution in [-0.4, -0.2) is 39.2 Å². The first-order valence-corrected chi connectivity index (χ1v) is 9.82. The molecule has 2 rings (SSSR count). The molecule has 0 spiro atoms. The summed E-state index contributed by atoms with van der Waals surface area (Å²) in [6, 6.07) is 7.56. The second-order valence-electron chi connectivity index (χ2n) is 6.06. The van der Waals surface area contributed by atoms with E-state index in [9.17, 15) is 4.79 Å². The highest BCUT2D eigenvalue weighted by atomic mass is 127. The minimum absolute atomic E-state index is 0. The van der Waals surface area contributed by atoms with Crippen molar-refractivity contribution in [3.63, 3.8) is 0 Å². The molecule has 0 saturated carbocycles. The number of hydrogen-bond acceptors (Lipinski definition) is 5. The van der Waals surface area contributed by atoms with E-state index >= 15 is 0 Å². The number of nitrogens with one attached hydrogen (secondary N) is 2. The third-order valence-corrected chi connectivity index (χ3v) is 4.82. The normalized spacial score (nSPS) is 11.9. The minimum atomic E-state index is -0.424. The molecule has 1 aromatic heterocycles. The van der Waals surface area contributed by atoms with Crippen molar-refractivity contribution in [1.29, 1.82) is 0 Å². The van der Waals surface area contributed by atoms with Crippen LogP contribution in [0.4, 0.5) is 0 Å². The number of carbonyl (C=O) groups excluding carboxylic acids is 1. The van der Waals surface area contributed by atoms with Gasteiger partial charge in [0.2, 0.25) is 0 Å². The van der Waals surface area contributed by atoms with Crippen molar-refractivity contribution in [1.82, 2.24) is 10.6 Å². The Kier molecular flexibility index (Phi) is 10.9. The van der Waals surface area contributed by atoms with E-state index in [2.05, 4.69) is 39.4 Å². The Balaban J connectivity index is 0.00000392. The molecule has 0 saturated heterocycles. The molecule has 28 heavy (non-hydrogen) atoms. The maximum absolute atomic E-state index is 11.9. The molecule has 6 nitrogen and oxygen atoms in total. The van der Waals surface area contributed by atoms with Gasteiger partial charge in [-0.3, -0.25) is 0 Å². The molecule has 2 N–H and O–H groups in total. The Hall–Kier alpha value is -1.81. The fourth-order valence-electron chi connectivity index (χ4n) is 2.56. The summed E-state index contributed by atoms with van der Waals surface area (Å²) in [5.74, 6) is 1.21. The summed E-state index contributed by atoms with van der Waals surface area (Å²) >= 11 is 1.71. The molecule has 0 aliphatic heterocycles. The highest BCUT2D eigenvalue weighted by Crippen LogP contribution is 2.21. The number of carbonyl (C=O) groups is 1. The minimum Gasteiger partial charge on any atom is -0.496 e. The van der Waals surface area contributed by atoms with E-state index < -0.39 is 5.97 Å². The van der Waals surface area contributed by atoms with Crippen LogP contribution in [0.3, 0.4) is 0 Å². The van der Waals surface area contributed by atoms with E-state index in [0.29, 0.717) is 23.8 Å². The summed E-state index contributed by atoms with van der Waals surface area (Å²) in [4.78, 5) is 16.5. The number of nitrogens with zero attached hydrogens (tertiary/aromatic N) is 1. The predicted octanol–water partition coefficient (Wildman–Crippen LogP) is 4.02. The molecule has 0 aliphatic rings. The van der Waals surface area contributed by atoms with Gasteiger partial charge < -0.3 is 20.1 Å². The molecule has 1 unspecified atom stereocenters. The summed E-state index contributed by atoms with van der Waals surface area (Å²) in [7, 11) is 2.88. The van der Waals surface area contributed by atoms with Crippen molar-refractivity contribution in [2.75, 3.05) is 27.3 Å². The number of guanidine groups is 1. The van der Waals surface area contributed by atoms with Crippen LogP contribution in [0, 0.1) is 0 Å². The number of rotatable bonds is 8. The third-order valence-electron chi connectivity index (χ3n) is 4.12. The van der Waals surface area contributed by atoms with Crippen LogP contribution in [0.25, 0.3) is 0 Å². The summed E-state index contributed by atoms with van der Waals surface area (Å²) in [6.07, 6.45) is 0. The highest BCUT2D eigenvalue weighted by Gasteiger charge is 2.13. The van der Waals surface area contributed by atoms with Crippen LogP contribution in [0.15, 0.2) is 40.0 Å². The average molecular weight is 517 g/mol. The van der Waals surface area contributed by atoms with Gasteiger partial charge in [0.25, 0.3) is 0 Å². The second-order valence-corrected chi connectivity index (χ2v) is 6.84. The average Bonchev–Trinajstić information content (AvgIpc) is 3.24. The van der Waals surface area contributed by atoms with Gasteiger partial charge in [-0.15, -0.1) is 24.0 Å². The van der Waals surface area contributed by atoms with Crippen molar-refractivity contribution < 1.29 is 14.3 Å². The van der Waals surface area contributed by atoms with E-state index in [-0.39, 0.29) is 24.0 Å². The second kappa shape index (κ2) is 12.6. The topological polar surface area (TPSA) is 72.0 Å². The zero-order chi connectivity index (χ0) is 19.6. The molecule has 0 bridgehead atoms. The number of ether oxygens (including phenoxy) is 2. The summed E-state index contributed by atoms with van der Waals surface area (Å²) in [5, 5.41) is 10.9.